The molecule has 3 aromatic heterocycles. The van der Waals surface area contributed by atoms with Crippen molar-refractivity contribution in [3.05, 3.63) is 106 Å². The van der Waals surface area contributed by atoms with E-state index in [2.05, 4.69) is 32.4 Å². The molecule has 5 aromatic rings. The third kappa shape index (κ3) is 5.46. The minimum atomic E-state index is -4.60. The third-order valence-electron chi connectivity index (χ3n) is 6.47. The van der Waals surface area contributed by atoms with E-state index in [9.17, 15) is 18.0 Å². The summed E-state index contributed by atoms with van der Waals surface area (Å²) < 4.78 is 42.3. The number of aromatic amines is 1. The van der Waals surface area contributed by atoms with Gasteiger partial charge in [0.2, 0.25) is 0 Å². The van der Waals surface area contributed by atoms with Crippen LogP contribution in [-0.4, -0.2) is 25.4 Å². The van der Waals surface area contributed by atoms with Gasteiger partial charge in [0.25, 0.3) is 5.91 Å². The van der Waals surface area contributed by atoms with Crippen molar-refractivity contribution in [3.63, 3.8) is 0 Å². The van der Waals surface area contributed by atoms with Gasteiger partial charge < -0.3 is 14.9 Å². The summed E-state index contributed by atoms with van der Waals surface area (Å²) in [5.41, 5.74) is 5.48. The first-order valence-electron chi connectivity index (χ1n) is 12.1. The quantitative estimate of drug-likeness (QED) is 0.262. The Morgan fingerprint density at radius 3 is 2.55 bits per heavy atom. The Bertz CT molecular complexity index is 1650. The molecule has 0 aliphatic heterocycles. The molecule has 5 rings (SSSR count). The molecule has 0 saturated carbocycles. The second-order valence-electron chi connectivity index (χ2n) is 9.52. The number of nitrogens with zero attached hydrogens (tertiary/aromatic N) is 3. The number of pyridine rings is 1. The lowest BCUT2D eigenvalue weighted by atomic mass is 10.00. The number of halogens is 3. The highest BCUT2D eigenvalue weighted by Crippen LogP contribution is 2.32. The largest absolute Gasteiger partial charge is 0.416 e. The van der Waals surface area contributed by atoms with Gasteiger partial charge in [-0.2, -0.15) is 13.2 Å². The van der Waals surface area contributed by atoms with E-state index in [1.54, 1.807) is 19.2 Å². The van der Waals surface area contributed by atoms with Crippen molar-refractivity contribution in [1.29, 1.82) is 0 Å². The van der Waals surface area contributed by atoms with E-state index in [0.29, 0.717) is 11.4 Å². The van der Waals surface area contributed by atoms with Crippen LogP contribution in [0.25, 0.3) is 16.7 Å². The number of rotatable bonds is 6. The van der Waals surface area contributed by atoms with Crippen LogP contribution < -0.4 is 5.32 Å². The van der Waals surface area contributed by atoms with Gasteiger partial charge in [-0.25, -0.2) is 9.97 Å². The smallest absolute Gasteiger partial charge is 0.344 e. The van der Waals surface area contributed by atoms with Crippen molar-refractivity contribution >= 4 is 22.6 Å². The number of nitrogens with one attached hydrogen (secondary N) is 2. The molecule has 194 valence electrons. The average Bonchev–Trinajstić information content (AvgIpc) is 3.47. The van der Waals surface area contributed by atoms with E-state index in [1.807, 2.05) is 32.2 Å². The molecule has 0 atom stereocenters. The fraction of sp³-hybridized carbons (Fsp3) is 0.207. The predicted molar refractivity (Wildman–Crippen MR) is 141 cm³/mol. The highest BCUT2D eigenvalue weighted by atomic mass is 19.4. The van der Waals surface area contributed by atoms with Gasteiger partial charge in [0, 0.05) is 40.4 Å². The molecule has 2 N–H and O–H groups in total. The zero-order chi connectivity index (χ0) is 27.0. The van der Waals surface area contributed by atoms with Crippen molar-refractivity contribution < 1.29 is 18.0 Å². The summed E-state index contributed by atoms with van der Waals surface area (Å²) in [6.45, 7) is 5.72. The molecule has 0 aliphatic carbocycles. The fourth-order valence-corrected chi connectivity index (χ4v) is 4.45. The maximum atomic E-state index is 13.6. The molecule has 0 fully saturated rings. The summed E-state index contributed by atoms with van der Waals surface area (Å²) in [6.07, 6.45) is 1.75. The minimum Gasteiger partial charge on any atom is -0.344 e. The van der Waals surface area contributed by atoms with Crippen molar-refractivity contribution in [3.8, 4) is 5.69 Å². The fourth-order valence-electron chi connectivity index (χ4n) is 4.45. The van der Waals surface area contributed by atoms with Crippen molar-refractivity contribution in [1.82, 2.24) is 19.5 Å². The molecule has 2 aromatic carbocycles. The number of anilines is 1. The van der Waals surface area contributed by atoms with Crippen molar-refractivity contribution in [2.45, 2.75) is 39.8 Å². The molecule has 6 nitrogen and oxygen atoms in total. The Labute approximate surface area is 217 Å². The Hall–Kier alpha value is -4.40. The van der Waals surface area contributed by atoms with Gasteiger partial charge in [0.15, 0.2) is 0 Å². The minimum absolute atomic E-state index is 0.0931. The van der Waals surface area contributed by atoms with Gasteiger partial charge in [-0.05, 0) is 92.8 Å². The number of hydrogen-bond donors (Lipinski definition) is 2. The lowest BCUT2D eigenvalue weighted by molar-refractivity contribution is -0.137. The summed E-state index contributed by atoms with van der Waals surface area (Å²) in [7, 11) is 0. The Morgan fingerprint density at radius 1 is 1.00 bits per heavy atom. The van der Waals surface area contributed by atoms with Gasteiger partial charge in [-0.1, -0.05) is 6.07 Å². The molecule has 1 amide bonds. The van der Waals surface area contributed by atoms with Gasteiger partial charge in [-0.3, -0.25) is 4.79 Å². The average molecular weight is 518 g/mol. The maximum absolute atomic E-state index is 13.6. The maximum Gasteiger partial charge on any atom is 0.416 e. The number of aromatic nitrogens is 4. The van der Waals surface area contributed by atoms with E-state index < -0.39 is 17.6 Å². The number of benzene rings is 2. The zero-order valence-corrected chi connectivity index (χ0v) is 21.1. The number of amides is 1. The van der Waals surface area contributed by atoms with Gasteiger partial charge in [-0.15, -0.1) is 0 Å². The summed E-state index contributed by atoms with van der Waals surface area (Å²) >= 11 is 0. The Kier molecular flexibility index (Phi) is 6.52. The third-order valence-corrected chi connectivity index (χ3v) is 6.47. The SMILES string of the molecule is Cc1cn(-c2cc(C(=O)Nc3ccc(C)c(CCc4cnc5[nH]c(C)cc5c4)c3)cc(C(F)(F)F)c2)cn1. The number of imidazole rings is 1. The number of hydrogen-bond acceptors (Lipinski definition) is 3. The van der Waals surface area contributed by atoms with Crippen LogP contribution in [0.1, 0.15) is 44.0 Å². The highest BCUT2D eigenvalue weighted by molar-refractivity contribution is 6.04. The lowest BCUT2D eigenvalue weighted by Gasteiger charge is -2.14. The summed E-state index contributed by atoms with van der Waals surface area (Å²) in [4.78, 5) is 24.8. The number of fused-ring (bicyclic) bond motifs is 1. The Balaban J connectivity index is 1.36. The number of aryl methyl sites for hydroxylation is 5. The first-order chi connectivity index (χ1) is 18.0. The number of carbonyl (C=O) groups excluding carboxylic acids is 1. The number of H-pyrrole nitrogens is 1. The van der Waals surface area contributed by atoms with Crippen LogP contribution >= 0.6 is 0 Å². The van der Waals surface area contributed by atoms with Crippen LogP contribution in [0.3, 0.4) is 0 Å². The molecule has 3 heterocycles. The van der Waals surface area contributed by atoms with Gasteiger partial charge in [0.05, 0.1) is 17.6 Å². The molecule has 0 unspecified atom stereocenters. The van der Waals surface area contributed by atoms with Crippen LogP contribution in [0.5, 0.6) is 0 Å². The van der Waals surface area contributed by atoms with E-state index in [-0.39, 0.29) is 11.3 Å². The number of alkyl halides is 3. The lowest BCUT2D eigenvalue weighted by Crippen LogP contribution is -2.15. The van der Waals surface area contributed by atoms with Gasteiger partial charge in [0.1, 0.15) is 5.65 Å². The van der Waals surface area contributed by atoms with Crippen molar-refractivity contribution in [2.24, 2.45) is 0 Å². The molecule has 0 spiro atoms. The van der Waals surface area contributed by atoms with Crippen LogP contribution in [0.2, 0.25) is 0 Å². The van der Waals surface area contributed by atoms with Crippen LogP contribution in [0, 0.1) is 20.8 Å². The Morgan fingerprint density at radius 2 is 1.82 bits per heavy atom. The first kappa shape index (κ1) is 25.3. The van der Waals surface area contributed by atoms with E-state index >= 15 is 0 Å². The molecule has 9 heteroatoms. The summed E-state index contributed by atoms with van der Waals surface area (Å²) in [6, 6.07) is 13.0. The number of carbonyl (C=O) groups is 1. The van der Waals surface area contributed by atoms with Gasteiger partial charge >= 0.3 is 6.18 Å². The van der Waals surface area contributed by atoms with Crippen LogP contribution in [0.4, 0.5) is 18.9 Å². The molecule has 0 radical (unpaired) electrons. The summed E-state index contributed by atoms with van der Waals surface area (Å²) in [5, 5.41) is 3.83. The first-order valence-corrected chi connectivity index (χ1v) is 12.1. The standard InChI is InChI=1S/C29H26F3N5O/c1-17-4-7-25(11-21(17)6-5-20-9-22-8-18(2)35-27(22)33-14-20)36-28(38)23-10-24(29(30,31)32)13-26(12-23)37-15-19(3)34-16-37/h4,7-16H,5-6H2,1-3H3,(H,33,35)(H,36,38). The monoisotopic (exact) mass is 517 g/mol. The second-order valence-corrected chi connectivity index (χ2v) is 9.52. The second kappa shape index (κ2) is 9.81. The van der Waals surface area contributed by atoms with Crippen LogP contribution in [0.15, 0.2) is 67.3 Å². The molecule has 0 bridgehead atoms. The zero-order valence-electron chi connectivity index (χ0n) is 21.1. The summed E-state index contributed by atoms with van der Waals surface area (Å²) in [5.74, 6) is -0.624. The predicted octanol–water partition coefficient (Wildman–Crippen LogP) is 6.73. The van der Waals surface area contributed by atoms with Crippen LogP contribution in [-0.2, 0) is 19.0 Å². The molecule has 38 heavy (non-hydrogen) atoms. The van der Waals surface area contributed by atoms with E-state index in [0.717, 1.165) is 58.4 Å². The van der Waals surface area contributed by atoms with E-state index in [4.69, 9.17) is 0 Å². The highest BCUT2D eigenvalue weighted by Gasteiger charge is 2.32. The molecular formula is C29H26F3N5O. The topological polar surface area (TPSA) is 75.6 Å². The molecule has 0 saturated heterocycles. The van der Waals surface area contributed by atoms with Crippen molar-refractivity contribution in [2.75, 3.05) is 5.32 Å². The van der Waals surface area contributed by atoms with E-state index in [1.165, 1.54) is 17.0 Å². The molecular weight excluding hydrogens is 491 g/mol. The normalized spacial score (nSPS) is 11.7. The molecule has 0 aliphatic rings.